The number of hydrogen-bond donors (Lipinski definition) is 0. The van der Waals surface area contributed by atoms with E-state index in [1.807, 2.05) is 35.7 Å². The van der Waals surface area contributed by atoms with Crippen LogP contribution in [-0.2, 0) is 0 Å². The Balaban J connectivity index is 2.57. The van der Waals surface area contributed by atoms with Crippen molar-refractivity contribution in [2.75, 3.05) is 0 Å². The van der Waals surface area contributed by atoms with E-state index in [0.29, 0.717) is 0 Å². The molecule has 3 heteroatoms. The minimum absolute atomic E-state index is 0.961. The lowest BCUT2D eigenvalue weighted by Crippen LogP contribution is -1.90. The molecule has 0 aromatic carbocycles. The van der Waals surface area contributed by atoms with Crippen molar-refractivity contribution in [3.05, 3.63) is 42.4 Å². The second-order valence-electron chi connectivity index (χ2n) is 3.35. The van der Waals surface area contributed by atoms with Crippen molar-refractivity contribution < 1.29 is 0 Å². The maximum Gasteiger partial charge on any atom is 0.137 e. The van der Waals surface area contributed by atoms with Gasteiger partial charge in [0, 0.05) is 18.1 Å². The summed E-state index contributed by atoms with van der Waals surface area (Å²) in [6, 6.07) is 8.08. The molecule has 0 bridgehead atoms. The van der Waals surface area contributed by atoms with Gasteiger partial charge >= 0.3 is 0 Å². The van der Waals surface area contributed by atoms with E-state index in [1.54, 1.807) is 6.20 Å². The number of rotatable bonds is 0. The molecular formula is C11H9N3. The van der Waals surface area contributed by atoms with Crippen LogP contribution in [0.25, 0.3) is 16.7 Å². The highest BCUT2D eigenvalue weighted by Gasteiger charge is 2.00. The number of pyridine rings is 2. The lowest BCUT2D eigenvalue weighted by Gasteiger charge is -2.01. The molecule has 0 spiro atoms. The molecule has 0 amide bonds. The summed E-state index contributed by atoms with van der Waals surface area (Å²) in [4.78, 5) is 8.68. The van der Waals surface area contributed by atoms with Gasteiger partial charge in [-0.2, -0.15) is 0 Å². The topological polar surface area (TPSA) is 30.2 Å². The average Bonchev–Trinajstić information content (AvgIpc) is 2.65. The average molecular weight is 183 g/mol. The van der Waals surface area contributed by atoms with Gasteiger partial charge in [-0.05, 0) is 31.2 Å². The lowest BCUT2D eigenvalue weighted by atomic mass is 10.3. The van der Waals surface area contributed by atoms with E-state index in [1.165, 1.54) is 0 Å². The van der Waals surface area contributed by atoms with Crippen LogP contribution in [0.2, 0.25) is 0 Å². The van der Waals surface area contributed by atoms with Crippen molar-refractivity contribution in [3.63, 3.8) is 0 Å². The van der Waals surface area contributed by atoms with Gasteiger partial charge in [-0.15, -0.1) is 0 Å². The summed E-state index contributed by atoms with van der Waals surface area (Å²) in [6.07, 6.45) is 3.75. The predicted molar refractivity (Wildman–Crippen MR) is 55.2 cm³/mol. The zero-order chi connectivity index (χ0) is 9.54. The first-order valence-electron chi connectivity index (χ1n) is 4.54. The molecule has 0 fully saturated rings. The minimum atomic E-state index is 0.961. The minimum Gasteiger partial charge on any atom is -0.298 e. The fourth-order valence-electron chi connectivity index (χ4n) is 1.69. The molecule has 0 radical (unpaired) electrons. The molecule has 0 aliphatic carbocycles. The van der Waals surface area contributed by atoms with Gasteiger partial charge in [0.2, 0.25) is 0 Å². The Morgan fingerprint density at radius 3 is 3.00 bits per heavy atom. The highest BCUT2D eigenvalue weighted by atomic mass is 15.0. The zero-order valence-corrected chi connectivity index (χ0v) is 7.81. The number of fused-ring (bicyclic) bond motifs is 3. The summed E-state index contributed by atoms with van der Waals surface area (Å²) in [5, 5.41) is 0. The second-order valence-corrected chi connectivity index (χ2v) is 3.35. The molecule has 3 heterocycles. The molecular weight excluding hydrogens is 174 g/mol. The third kappa shape index (κ3) is 0.923. The Morgan fingerprint density at radius 1 is 1.14 bits per heavy atom. The largest absolute Gasteiger partial charge is 0.298 e. The third-order valence-electron chi connectivity index (χ3n) is 2.36. The summed E-state index contributed by atoms with van der Waals surface area (Å²) < 4.78 is 2.04. The fraction of sp³-hybridized carbons (Fsp3) is 0.0909. The first-order chi connectivity index (χ1) is 6.84. The maximum absolute atomic E-state index is 4.46. The lowest BCUT2D eigenvalue weighted by molar-refractivity contribution is 1.20. The molecule has 3 aromatic rings. The zero-order valence-electron chi connectivity index (χ0n) is 7.81. The molecule has 3 nitrogen and oxygen atoms in total. The van der Waals surface area contributed by atoms with Crippen molar-refractivity contribution in [1.82, 2.24) is 14.4 Å². The standard InChI is InChI=1S/C11H9N3/c1-8-2-4-10-9(13-8)3-5-11-12-6-7-14(10)11/h2-7H,1H3. The molecule has 3 rings (SSSR count). The van der Waals surface area contributed by atoms with Gasteiger partial charge in [0.15, 0.2) is 0 Å². The highest BCUT2D eigenvalue weighted by molar-refractivity contribution is 5.78. The van der Waals surface area contributed by atoms with E-state index in [9.17, 15) is 0 Å². The van der Waals surface area contributed by atoms with Gasteiger partial charge in [-0.1, -0.05) is 0 Å². The molecule has 0 aliphatic heterocycles. The van der Waals surface area contributed by atoms with Crippen LogP contribution < -0.4 is 0 Å². The van der Waals surface area contributed by atoms with E-state index in [0.717, 1.165) is 22.4 Å². The molecule has 3 aromatic heterocycles. The molecule has 0 saturated carbocycles. The highest BCUT2D eigenvalue weighted by Crippen LogP contribution is 2.14. The third-order valence-corrected chi connectivity index (χ3v) is 2.36. The Morgan fingerprint density at radius 2 is 2.07 bits per heavy atom. The Hall–Kier alpha value is -1.90. The van der Waals surface area contributed by atoms with Crippen LogP contribution in [0, 0.1) is 6.92 Å². The second kappa shape index (κ2) is 2.54. The first-order valence-corrected chi connectivity index (χ1v) is 4.54. The van der Waals surface area contributed by atoms with Gasteiger partial charge in [0.05, 0.1) is 11.0 Å². The summed E-state index contributed by atoms with van der Waals surface area (Å²) in [5.74, 6) is 0. The van der Waals surface area contributed by atoms with Gasteiger partial charge in [0.1, 0.15) is 5.65 Å². The van der Waals surface area contributed by atoms with Gasteiger partial charge in [0.25, 0.3) is 0 Å². The van der Waals surface area contributed by atoms with Crippen molar-refractivity contribution in [1.29, 1.82) is 0 Å². The van der Waals surface area contributed by atoms with Crippen molar-refractivity contribution in [2.45, 2.75) is 6.92 Å². The van der Waals surface area contributed by atoms with Crippen LogP contribution in [0.15, 0.2) is 36.7 Å². The van der Waals surface area contributed by atoms with E-state index >= 15 is 0 Å². The van der Waals surface area contributed by atoms with Crippen LogP contribution in [0.5, 0.6) is 0 Å². The van der Waals surface area contributed by atoms with Crippen molar-refractivity contribution >= 4 is 16.7 Å². The molecule has 0 N–H and O–H groups in total. The Bertz CT molecular complexity index is 610. The molecule has 0 saturated heterocycles. The van der Waals surface area contributed by atoms with E-state index in [-0.39, 0.29) is 0 Å². The quantitative estimate of drug-likeness (QED) is 0.534. The van der Waals surface area contributed by atoms with Crippen molar-refractivity contribution in [2.24, 2.45) is 0 Å². The summed E-state index contributed by atoms with van der Waals surface area (Å²) in [7, 11) is 0. The van der Waals surface area contributed by atoms with Gasteiger partial charge < -0.3 is 0 Å². The normalized spacial score (nSPS) is 11.2. The number of nitrogens with zero attached hydrogens (tertiary/aromatic N) is 3. The van der Waals surface area contributed by atoms with Crippen LogP contribution >= 0.6 is 0 Å². The number of aromatic nitrogens is 3. The monoisotopic (exact) mass is 183 g/mol. The maximum atomic E-state index is 4.46. The fourth-order valence-corrected chi connectivity index (χ4v) is 1.69. The van der Waals surface area contributed by atoms with E-state index in [2.05, 4.69) is 16.0 Å². The molecule has 0 aliphatic rings. The number of aryl methyl sites for hydroxylation is 1. The Kier molecular flexibility index (Phi) is 1.36. The number of imidazole rings is 1. The van der Waals surface area contributed by atoms with Crippen LogP contribution in [0.4, 0.5) is 0 Å². The SMILES string of the molecule is Cc1ccc2c(ccc3nccn32)n1. The molecule has 0 atom stereocenters. The predicted octanol–water partition coefficient (Wildman–Crippen LogP) is 2.19. The summed E-state index contributed by atoms with van der Waals surface area (Å²) in [6.45, 7) is 2.00. The smallest absolute Gasteiger partial charge is 0.137 e. The van der Waals surface area contributed by atoms with E-state index < -0.39 is 0 Å². The molecule has 14 heavy (non-hydrogen) atoms. The molecule has 68 valence electrons. The summed E-state index contributed by atoms with van der Waals surface area (Å²) in [5.41, 5.74) is 4.11. The van der Waals surface area contributed by atoms with E-state index in [4.69, 9.17) is 0 Å². The summed E-state index contributed by atoms with van der Waals surface area (Å²) >= 11 is 0. The number of hydrogen-bond acceptors (Lipinski definition) is 2. The molecule has 0 unspecified atom stereocenters. The van der Waals surface area contributed by atoms with Crippen LogP contribution in [0.1, 0.15) is 5.69 Å². The van der Waals surface area contributed by atoms with Crippen LogP contribution in [0.3, 0.4) is 0 Å². The first kappa shape index (κ1) is 7.50. The van der Waals surface area contributed by atoms with Gasteiger partial charge in [-0.25, -0.2) is 4.98 Å². The van der Waals surface area contributed by atoms with Crippen molar-refractivity contribution in [3.8, 4) is 0 Å². The van der Waals surface area contributed by atoms with Gasteiger partial charge in [-0.3, -0.25) is 9.38 Å². The van der Waals surface area contributed by atoms with Crippen LogP contribution in [-0.4, -0.2) is 14.4 Å². The Labute approximate surface area is 81.0 Å².